The second-order valence-corrected chi connectivity index (χ2v) is 8.15. The molecule has 4 aromatic rings. The summed E-state index contributed by atoms with van der Waals surface area (Å²) in [7, 11) is 0. The normalized spacial score (nSPS) is 15.0. The molecule has 1 aliphatic heterocycles. The molecule has 0 unspecified atom stereocenters. The fourth-order valence-electron chi connectivity index (χ4n) is 3.65. The van der Waals surface area contributed by atoms with Crippen LogP contribution in [0, 0.1) is 5.82 Å². The molecule has 8 heteroatoms. The molecule has 0 atom stereocenters. The van der Waals surface area contributed by atoms with Gasteiger partial charge in [0.2, 0.25) is 0 Å². The number of amides is 1. The van der Waals surface area contributed by atoms with Gasteiger partial charge in [0, 0.05) is 31.3 Å². The number of aromatic nitrogens is 1. The lowest BCUT2D eigenvalue weighted by Gasteiger charge is -2.31. The van der Waals surface area contributed by atoms with E-state index in [1.165, 1.54) is 17.4 Å². The third kappa shape index (κ3) is 3.43. The van der Waals surface area contributed by atoms with Crippen LogP contribution in [-0.4, -0.2) is 35.0 Å². The summed E-state index contributed by atoms with van der Waals surface area (Å²) in [5.41, 5.74) is 0.176. The van der Waals surface area contributed by atoms with E-state index in [2.05, 4.69) is 4.98 Å². The Labute approximate surface area is 174 Å². The quantitative estimate of drug-likeness (QED) is 0.461. The molecular formula is C22H17FN2O4S. The summed E-state index contributed by atoms with van der Waals surface area (Å²) < 4.78 is 25.8. The van der Waals surface area contributed by atoms with E-state index < -0.39 is 5.63 Å². The van der Waals surface area contributed by atoms with Crippen LogP contribution in [-0.2, 0) is 0 Å². The van der Waals surface area contributed by atoms with Crippen molar-refractivity contribution in [2.75, 3.05) is 13.1 Å². The van der Waals surface area contributed by atoms with Crippen molar-refractivity contribution < 1.29 is 18.3 Å². The number of carbonyl (C=O) groups is 1. The van der Waals surface area contributed by atoms with Gasteiger partial charge in [-0.2, -0.15) is 4.98 Å². The van der Waals surface area contributed by atoms with Gasteiger partial charge >= 0.3 is 5.63 Å². The van der Waals surface area contributed by atoms with Crippen molar-refractivity contribution >= 4 is 38.4 Å². The van der Waals surface area contributed by atoms with Crippen LogP contribution in [0.5, 0.6) is 5.19 Å². The van der Waals surface area contributed by atoms with Crippen molar-refractivity contribution in [1.82, 2.24) is 9.88 Å². The van der Waals surface area contributed by atoms with Crippen LogP contribution in [0.2, 0.25) is 0 Å². The maximum absolute atomic E-state index is 13.8. The number of carbonyl (C=O) groups excluding carboxylic acids is 1. The third-order valence-electron chi connectivity index (χ3n) is 5.22. The van der Waals surface area contributed by atoms with Crippen LogP contribution in [0.15, 0.2) is 57.7 Å². The highest BCUT2D eigenvalue weighted by molar-refractivity contribution is 7.20. The molecule has 0 saturated carbocycles. The second-order valence-electron chi connectivity index (χ2n) is 7.16. The predicted octanol–water partition coefficient (Wildman–Crippen LogP) is 4.23. The topological polar surface area (TPSA) is 72.6 Å². The minimum atomic E-state index is -0.631. The third-order valence-corrected chi connectivity index (χ3v) is 6.13. The number of thiazole rings is 1. The summed E-state index contributed by atoms with van der Waals surface area (Å²) in [6, 6.07) is 13.5. The zero-order valence-corrected chi connectivity index (χ0v) is 16.7. The van der Waals surface area contributed by atoms with Gasteiger partial charge in [-0.25, -0.2) is 9.18 Å². The number of ether oxygens (including phenoxy) is 1. The number of piperidine rings is 1. The highest BCUT2D eigenvalue weighted by atomic mass is 32.1. The van der Waals surface area contributed by atoms with Crippen molar-refractivity contribution in [3.63, 3.8) is 0 Å². The molecule has 0 aliphatic carbocycles. The Morgan fingerprint density at radius 3 is 2.77 bits per heavy atom. The molecule has 2 aromatic heterocycles. The number of nitrogens with zero attached hydrogens (tertiary/aromatic N) is 2. The van der Waals surface area contributed by atoms with E-state index >= 15 is 0 Å². The molecule has 0 spiro atoms. The van der Waals surface area contributed by atoms with Crippen molar-refractivity contribution in [1.29, 1.82) is 0 Å². The number of hydrogen-bond donors (Lipinski definition) is 0. The molecule has 3 heterocycles. The van der Waals surface area contributed by atoms with Crippen molar-refractivity contribution in [2.45, 2.75) is 18.9 Å². The SMILES string of the molecule is O=C(c1cc2ccccc2oc1=O)N1CCC(Oc2nc3c(F)cccc3s2)CC1. The fraction of sp³-hybridized carbons (Fsp3) is 0.227. The summed E-state index contributed by atoms with van der Waals surface area (Å²) in [5, 5.41) is 1.14. The largest absolute Gasteiger partial charge is 0.467 e. The highest BCUT2D eigenvalue weighted by Gasteiger charge is 2.27. The van der Waals surface area contributed by atoms with E-state index in [9.17, 15) is 14.0 Å². The number of fused-ring (bicyclic) bond motifs is 2. The molecular weight excluding hydrogens is 407 g/mol. The lowest BCUT2D eigenvalue weighted by molar-refractivity contribution is 0.0592. The fourth-order valence-corrected chi connectivity index (χ4v) is 4.54. The minimum absolute atomic E-state index is 0.0368. The first kappa shape index (κ1) is 18.7. The van der Waals surface area contributed by atoms with Crippen LogP contribution in [0.1, 0.15) is 23.2 Å². The minimum Gasteiger partial charge on any atom is -0.467 e. The van der Waals surface area contributed by atoms with Crippen LogP contribution in [0.3, 0.4) is 0 Å². The number of likely N-dealkylation sites (tertiary alicyclic amines) is 1. The Bertz CT molecular complexity index is 1310. The van der Waals surface area contributed by atoms with Crippen molar-refractivity contribution in [3.8, 4) is 5.19 Å². The maximum atomic E-state index is 13.8. The van der Waals surface area contributed by atoms with E-state index in [0.29, 0.717) is 47.6 Å². The van der Waals surface area contributed by atoms with Gasteiger partial charge in [0.15, 0.2) is 0 Å². The standard InChI is InChI=1S/C22H17FN2O4S/c23-16-5-3-7-18-19(16)24-22(30-18)28-14-8-10-25(11-9-14)20(26)15-12-13-4-1-2-6-17(13)29-21(15)27/h1-7,12,14H,8-11H2. The van der Waals surface area contributed by atoms with Gasteiger partial charge in [-0.15, -0.1) is 0 Å². The maximum Gasteiger partial charge on any atom is 0.349 e. The van der Waals surface area contributed by atoms with E-state index in [1.807, 2.05) is 6.07 Å². The Kier molecular flexibility index (Phi) is 4.71. The first-order valence-corrected chi connectivity index (χ1v) is 10.4. The van der Waals surface area contributed by atoms with Gasteiger partial charge in [-0.05, 0) is 24.3 Å². The molecule has 0 radical (unpaired) electrons. The average molecular weight is 424 g/mol. The van der Waals surface area contributed by atoms with E-state index in [-0.39, 0.29) is 23.4 Å². The Balaban J connectivity index is 1.27. The summed E-state index contributed by atoms with van der Waals surface area (Å²) in [4.78, 5) is 31.0. The Morgan fingerprint density at radius 1 is 1.17 bits per heavy atom. The predicted molar refractivity (Wildman–Crippen MR) is 112 cm³/mol. The summed E-state index contributed by atoms with van der Waals surface area (Å²) in [6.07, 6.45) is 1.08. The summed E-state index contributed by atoms with van der Waals surface area (Å²) in [6.45, 7) is 0.907. The van der Waals surface area contributed by atoms with E-state index in [4.69, 9.17) is 9.15 Å². The van der Waals surface area contributed by atoms with Gasteiger partial charge < -0.3 is 14.1 Å². The van der Waals surface area contributed by atoms with Gasteiger partial charge in [0.25, 0.3) is 11.1 Å². The first-order chi connectivity index (χ1) is 14.6. The van der Waals surface area contributed by atoms with Crippen LogP contribution in [0.25, 0.3) is 21.2 Å². The smallest absolute Gasteiger partial charge is 0.349 e. The van der Waals surface area contributed by atoms with Crippen LogP contribution >= 0.6 is 11.3 Å². The van der Waals surface area contributed by atoms with Crippen LogP contribution in [0.4, 0.5) is 4.39 Å². The summed E-state index contributed by atoms with van der Waals surface area (Å²) in [5.74, 6) is -0.705. The lowest BCUT2D eigenvalue weighted by atomic mass is 10.1. The molecule has 6 nitrogen and oxygen atoms in total. The number of rotatable bonds is 3. The van der Waals surface area contributed by atoms with E-state index in [1.54, 1.807) is 41.3 Å². The lowest BCUT2D eigenvalue weighted by Crippen LogP contribution is -2.43. The summed E-state index contributed by atoms with van der Waals surface area (Å²) >= 11 is 1.30. The van der Waals surface area contributed by atoms with Gasteiger partial charge in [0.1, 0.15) is 28.6 Å². The molecule has 1 amide bonds. The second kappa shape index (κ2) is 7.53. The number of hydrogen-bond acceptors (Lipinski definition) is 6. The monoisotopic (exact) mass is 424 g/mol. The molecule has 1 saturated heterocycles. The molecule has 152 valence electrons. The van der Waals surface area contributed by atoms with Crippen LogP contribution < -0.4 is 10.4 Å². The molecule has 0 N–H and O–H groups in total. The number of benzene rings is 2. The molecule has 1 aliphatic rings. The Hall–Kier alpha value is -3.26. The van der Waals surface area contributed by atoms with E-state index in [0.717, 1.165) is 4.70 Å². The molecule has 1 fully saturated rings. The average Bonchev–Trinajstić information content (AvgIpc) is 3.17. The van der Waals surface area contributed by atoms with Crippen molar-refractivity contribution in [3.05, 3.63) is 70.3 Å². The Morgan fingerprint density at radius 2 is 1.97 bits per heavy atom. The van der Waals surface area contributed by atoms with Gasteiger partial charge in [-0.1, -0.05) is 35.6 Å². The zero-order chi connectivity index (χ0) is 20.7. The molecule has 5 rings (SSSR count). The number of para-hydroxylation sites is 2. The molecule has 30 heavy (non-hydrogen) atoms. The van der Waals surface area contributed by atoms with Crippen molar-refractivity contribution in [2.24, 2.45) is 0 Å². The molecule has 2 aromatic carbocycles. The molecule has 0 bridgehead atoms. The zero-order valence-electron chi connectivity index (χ0n) is 15.8. The number of halogens is 1. The highest BCUT2D eigenvalue weighted by Crippen LogP contribution is 2.31. The first-order valence-electron chi connectivity index (χ1n) is 9.62. The van der Waals surface area contributed by atoms with Gasteiger partial charge in [-0.3, -0.25) is 4.79 Å². The van der Waals surface area contributed by atoms with Gasteiger partial charge in [0.05, 0.1) is 4.70 Å².